The van der Waals surface area contributed by atoms with E-state index in [1.165, 1.54) is 27.1 Å². The summed E-state index contributed by atoms with van der Waals surface area (Å²) in [5, 5.41) is 5.82. The molecule has 0 spiro atoms. The first-order chi connectivity index (χ1) is 31.2. The van der Waals surface area contributed by atoms with Gasteiger partial charge in [0.2, 0.25) is 0 Å². The Hall–Kier alpha value is -8.61. The zero-order valence-electron chi connectivity index (χ0n) is 33.9. The molecule has 294 valence electrons. The van der Waals surface area contributed by atoms with Crippen LogP contribution in [0, 0.1) is 0 Å². The minimum absolute atomic E-state index is 0.701. The Balaban J connectivity index is 0.931. The Kier molecular flexibility index (Phi) is 7.80. The van der Waals surface area contributed by atoms with Crippen molar-refractivity contribution in [3.05, 3.63) is 212 Å². The van der Waals surface area contributed by atoms with Gasteiger partial charge in [-0.2, -0.15) is 0 Å². The highest BCUT2D eigenvalue weighted by atomic mass is 16.3. The van der Waals surface area contributed by atoms with Crippen LogP contribution in [-0.4, -0.2) is 24.1 Å². The molecule has 0 atom stereocenters. The lowest BCUT2D eigenvalue weighted by Crippen LogP contribution is -1.97. The fraction of sp³-hybridized carbons (Fsp3) is 0. The van der Waals surface area contributed by atoms with Gasteiger partial charge < -0.3 is 13.6 Å². The van der Waals surface area contributed by atoms with Crippen molar-refractivity contribution in [1.82, 2.24) is 24.1 Å². The first-order valence-electron chi connectivity index (χ1n) is 21.2. The van der Waals surface area contributed by atoms with Crippen molar-refractivity contribution in [2.75, 3.05) is 0 Å². The summed E-state index contributed by atoms with van der Waals surface area (Å²) < 4.78 is 10.9. The molecule has 0 saturated heterocycles. The zero-order valence-corrected chi connectivity index (χ0v) is 33.9. The lowest BCUT2D eigenvalue weighted by Gasteiger charge is -2.12. The molecule has 0 amide bonds. The molecule has 0 aliphatic carbocycles. The number of pyridine rings is 1. The van der Waals surface area contributed by atoms with Crippen LogP contribution in [0.2, 0.25) is 0 Å². The summed E-state index contributed by atoms with van der Waals surface area (Å²) in [6, 6.07) is 72.8. The predicted octanol–water partition coefficient (Wildman–Crippen LogP) is 14.6. The number of rotatable bonds is 6. The van der Waals surface area contributed by atoms with Crippen LogP contribution in [0.3, 0.4) is 0 Å². The van der Waals surface area contributed by atoms with Crippen LogP contribution < -0.4 is 0 Å². The van der Waals surface area contributed by atoms with Crippen molar-refractivity contribution >= 4 is 65.7 Å². The lowest BCUT2D eigenvalue weighted by molar-refractivity contribution is 0.668. The molecule has 0 aliphatic rings. The molecule has 0 unspecified atom stereocenters. The van der Waals surface area contributed by atoms with Gasteiger partial charge in [-0.25, -0.2) is 9.97 Å². The van der Waals surface area contributed by atoms with Crippen molar-refractivity contribution in [1.29, 1.82) is 0 Å². The summed E-state index contributed by atoms with van der Waals surface area (Å²) in [6.45, 7) is 0. The first-order valence-corrected chi connectivity index (χ1v) is 21.2. The largest absolute Gasteiger partial charge is 0.454 e. The maximum absolute atomic E-state index is 6.13. The summed E-state index contributed by atoms with van der Waals surface area (Å²) in [5.41, 5.74) is 16.4. The molecule has 0 saturated carbocycles. The van der Waals surface area contributed by atoms with Crippen LogP contribution >= 0.6 is 0 Å². The highest BCUT2D eigenvalue weighted by Crippen LogP contribution is 2.40. The van der Waals surface area contributed by atoms with Gasteiger partial charge in [-0.15, -0.1) is 0 Å². The van der Waals surface area contributed by atoms with E-state index in [0.717, 1.165) is 89.2 Å². The van der Waals surface area contributed by atoms with Crippen molar-refractivity contribution in [2.24, 2.45) is 0 Å². The van der Waals surface area contributed by atoms with Gasteiger partial charge in [0.1, 0.15) is 11.1 Å². The molecule has 8 aromatic carbocycles. The molecule has 5 aromatic heterocycles. The SMILES string of the molecule is c1ccc(-c2cc(-c3cccc(-n4c5ccccc5c5cc(-c6ccc7c(c6)c6ccccc6n7-c6ccc7oc8cccnc8c7c6)ccc54)c3)nc(-c3ccccc3)n2)cc1. The maximum atomic E-state index is 6.13. The quantitative estimate of drug-likeness (QED) is 0.168. The van der Waals surface area contributed by atoms with Crippen molar-refractivity contribution < 1.29 is 4.42 Å². The van der Waals surface area contributed by atoms with Gasteiger partial charge in [-0.1, -0.05) is 121 Å². The van der Waals surface area contributed by atoms with Crippen LogP contribution in [0.4, 0.5) is 0 Å². The van der Waals surface area contributed by atoms with Gasteiger partial charge in [0.05, 0.1) is 33.5 Å². The summed E-state index contributed by atoms with van der Waals surface area (Å²) in [5.74, 6) is 0.701. The Morgan fingerprint density at radius 2 is 0.905 bits per heavy atom. The van der Waals surface area contributed by atoms with Crippen molar-refractivity contribution in [3.8, 4) is 56.4 Å². The predicted molar refractivity (Wildman–Crippen MR) is 258 cm³/mol. The van der Waals surface area contributed by atoms with E-state index in [-0.39, 0.29) is 0 Å². The molecule has 0 aliphatic heterocycles. The molecular formula is C57H35N5O. The van der Waals surface area contributed by atoms with E-state index in [1.807, 2.05) is 42.6 Å². The number of hydrogen-bond acceptors (Lipinski definition) is 4. The Labute approximate surface area is 361 Å². The minimum Gasteiger partial charge on any atom is -0.454 e. The molecule has 0 bridgehead atoms. The second-order valence-electron chi connectivity index (χ2n) is 16.0. The highest BCUT2D eigenvalue weighted by Gasteiger charge is 2.18. The van der Waals surface area contributed by atoms with Gasteiger partial charge >= 0.3 is 0 Å². The summed E-state index contributed by atoms with van der Waals surface area (Å²) >= 11 is 0. The van der Waals surface area contributed by atoms with E-state index in [2.05, 4.69) is 184 Å². The fourth-order valence-corrected chi connectivity index (χ4v) is 9.46. The van der Waals surface area contributed by atoms with E-state index in [9.17, 15) is 0 Å². The number of fused-ring (bicyclic) bond motifs is 9. The summed E-state index contributed by atoms with van der Waals surface area (Å²) in [6.07, 6.45) is 1.82. The van der Waals surface area contributed by atoms with Gasteiger partial charge in [-0.05, 0) is 96.1 Å². The molecule has 13 aromatic rings. The molecule has 13 rings (SSSR count). The third-order valence-electron chi connectivity index (χ3n) is 12.4. The molecule has 6 nitrogen and oxygen atoms in total. The normalized spacial score (nSPS) is 11.8. The van der Waals surface area contributed by atoms with Gasteiger partial charge in [0, 0.05) is 61.2 Å². The van der Waals surface area contributed by atoms with Crippen LogP contribution in [0.15, 0.2) is 217 Å². The van der Waals surface area contributed by atoms with Gasteiger partial charge in [0.15, 0.2) is 11.4 Å². The number of hydrogen-bond donors (Lipinski definition) is 0. The third kappa shape index (κ3) is 5.69. The number of furan rings is 1. The smallest absolute Gasteiger partial charge is 0.160 e. The number of benzene rings is 8. The topological polar surface area (TPSA) is 61.7 Å². The number of aromatic nitrogens is 5. The third-order valence-corrected chi connectivity index (χ3v) is 12.4. The van der Waals surface area contributed by atoms with Crippen LogP contribution in [0.5, 0.6) is 0 Å². The second-order valence-corrected chi connectivity index (χ2v) is 16.0. The Morgan fingerprint density at radius 1 is 0.333 bits per heavy atom. The summed E-state index contributed by atoms with van der Waals surface area (Å²) in [7, 11) is 0. The summed E-state index contributed by atoms with van der Waals surface area (Å²) in [4.78, 5) is 14.8. The standard InChI is InChI=1S/C57H35N5O/c1-3-13-36(14-4-1)48-35-49(60-57(59-48)37-15-5-2-6-16-37)40-17-11-18-41(31-40)61-50-21-9-7-19-43(50)45-32-38(24-27-52(45)61)39-25-28-53-46(33-39)44-20-8-10-22-51(44)62(53)42-26-29-54-47(34-42)56-55(63-54)23-12-30-58-56/h1-35H. The Morgan fingerprint density at radius 3 is 1.59 bits per heavy atom. The fourth-order valence-electron chi connectivity index (χ4n) is 9.46. The molecule has 0 radical (unpaired) electrons. The molecule has 5 heterocycles. The van der Waals surface area contributed by atoms with Crippen LogP contribution in [0.1, 0.15) is 0 Å². The van der Waals surface area contributed by atoms with Crippen LogP contribution in [0.25, 0.3) is 122 Å². The average molecular weight is 806 g/mol. The van der Waals surface area contributed by atoms with E-state index in [1.54, 1.807) is 0 Å². The minimum atomic E-state index is 0.701. The van der Waals surface area contributed by atoms with E-state index >= 15 is 0 Å². The Bertz CT molecular complexity index is 3860. The average Bonchev–Trinajstić information content (AvgIpc) is 4.01. The first kappa shape index (κ1) is 35.2. The zero-order chi connectivity index (χ0) is 41.4. The molecule has 0 N–H and O–H groups in total. The van der Waals surface area contributed by atoms with E-state index in [0.29, 0.717) is 5.82 Å². The highest BCUT2D eigenvalue weighted by molar-refractivity contribution is 6.13. The van der Waals surface area contributed by atoms with Gasteiger partial charge in [-0.3, -0.25) is 4.98 Å². The van der Waals surface area contributed by atoms with E-state index in [4.69, 9.17) is 14.4 Å². The van der Waals surface area contributed by atoms with Crippen molar-refractivity contribution in [3.63, 3.8) is 0 Å². The van der Waals surface area contributed by atoms with Crippen LogP contribution in [-0.2, 0) is 0 Å². The molecule has 63 heavy (non-hydrogen) atoms. The monoisotopic (exact) mass is 805 g/mol. The molecule has 6 heteroatoms. The van der Waals surface area contributed by atoms with E-state index < -0.39 is 0 Å². The molecule has 0 fully saturated rings. The van der Waals surface area contributed by atoms with Gasteiger partial charge in [0.25, 0.3) is 0 Å². The lowest BCUT2D eigenvalue weighted by atomic mass is 10.0. The second kappa shape index (κ2) is 14.0. The molecular weight excluding hydrogens is 771 g/mol. The maximum Gasteiger partial charge on any atom is 0.160 e. The number of para-hydroxylation sites is 2. The van der Waals surface area contributed by atoms with Crippen molar-refractivity contribution in [2.45, 2.75) is 0 Å². The number of nitrogens with zero attached hydrogens (tertiary/aromatic N) is 5.